The monoisotopic (exact) mass is 212 g/mol. The molecule has 0 radical (unpaired) electrons. The van der Waals surface area contributed by atoms with E-state index >= 15 is 0 Å². The third-order valence-corrected chi connectivity index (χ3v) is 3.00. The van der Waals surface area contributed by atoms with Crippen LogP contribution in [0.2, 0.25) is 0 Å². The number of hydrogen-bond donors (Lipinski definition) is 1. The maximum atomic E-state index is 6.17. The van der Waals surface area contributed by atoms with Crippen LogP contribution in [-0.2, 0) is 0 Å². The molecular weight excluding hydrogens is 196 g/mol. The molecule has 0 unspecified atom stereocenters. The van der Waals surface area contributed by atoms with E-state index in [0.29, 0.717) is 5.92 Å². The normalized spacial score (nSPS) is 18.9. The Kier molecular flexibility index (Phi) is 4.36. The summed E-state index contributed by atoms with van der Waals surface area (Å²) in [5.74, 6) is 0.697. The van der Waals surface area contributed by atoms with E-state index in [-0.39, 0.29) is 18.4 Å². The van der Waals surface area contributed by atoms with Crippen LogP contribution in [0.5, 0.6) is 0 Å². The lowest BCUT2D eigenvalue weighted by molar-refractivity contribution is 0.444. The third kappa shape index (κ3) is 2.46. The first-order valence-electron chi connectivity index (χ1n) is 5.03. The van der Waals surface area contributed by atoms with Crippen LogP contribution in [0.3, 0.4) is 0 Å². The third-order valence-electron chi connectivity index (χ3n) is 3.00. The van der Waals surface area contributed by atoms with Gasteiger partial charge in [0.15, 0.2) is 0 Å². The van der Waals surface area contributed by atoms with Crippen LogP contribution in [0.1, 0.15) is 37.3 Å². The maximum Gasteiger partial charge on any atom is 0.0324 e. The van der Waals surface area contributed by atoms with Gasteiger partial charge in [0.05, 0.1) is 0 Å². The highest BCUT2D eigenvalue weighted by molar-refractivity contribution is 5.85. The molecule has 78 valence electrons. The summed E-state index contributed by atoms with van der Waals surface area (Å²) in [7, 11) is 0. The van der Waals surface area contributed by atoms with Crippen LogP contribution in [0.15, 0.2) is 24.5 Å². The summed E-state index contributed by atoms with van der Waals surface area (Å²) in [5.41, 5.74) is 7.41. The minimum absolute atomic E-state index is 0. The zero-order valence-corrected chi connectivity index (χ0v) is 9.04. The molecule has 14 heavy (non-hydrogen) atoms. The smallest absolute Gasteiger partial charge is 0.0324 e. The van der Waals surface area contributed by atoms with E-state index in [4.69, 9.17) is 5.73 Å². The topological polar surface area (TPSA) is 38.9 Å². The summed E-state index contributed by atoms with van der Waals surface area (Å²) >= 11 is 0. The van der Waals surface area contributed by atoms with Crippen LogP contribution in [0.25, 0.3) is 0 Å². The number of nitrogens with two attached hydrogens (primary N) is 1. The number of pyridine rings is 1. The van der Waals surface area contributed by atoms with Crippen LogP contribution >= 0.6 is 12.4 Å². The first kappa shape index (κ1) is 11.5. The maximum absolute atomic E-state index is 6.17. The molecule has 0 spiro atoms. The van der Waals surface area contributed by atoms with Gasteiger partial charge in [-0.1, -0.05) is 12.8 Å². The Morgan fingerprint density at radius 3 is 2.36 bits per heavy atom. The van der Waals surface area contributed by atoms with Gasteiger partial charge in [-0.25, -0.2) is 0 Å². The minimum Gasteiger partial charge on any atom is -0.324 e. The molecule has 3 heteroatoms. The van der Waals surface area contributed by atoms with Crippen molar-refractivity contribution in [3.05, 3.63) is 30.1 Å². The van der Waals surface area contributed by atoms with Gasteiger partial charge in [-0.2, -0.15) is 0 Å². The van der Waals surface area contributed by atoms with Gasteiger partial charge in [0, 0.05) is 18.4 Å². The average molecular weight is 213 g/mol. The molecule has 1 atom stereocenters. The highest BCUT2D eigenvalue weighted by Crippen LogP contribution is 2.33. The Balaban J connectivity index is 0.000000980. The minimum atomic E-state index is 0. The molecule has 2 nitrogen and oxygen atoms in total. The van der Waals surface area contributed by atoms with E-state index in [9.17, 15) is 0 Å². The second-order valence-corrected chi connectivity index (χ2v) is 3.85. The van der Waals surface area contributed by atoms with Gasteiger partial charge in [0.2, 0.25) is 0 Å². The molecule has 0 aliphatic heterocycles. The Morgan fingerprint density at radius 1 is 1.21 bits per heavy atom. The van der Waals surface area contributed by atoms with E-state index in [1.54, 1.807) is 0 Å². The van der Waals surface area contributed by atoms with Crippen LogP contribution < -0.4 is 5.73 Å². The second kappa shape index (κ2) is 5.32. The molecule has 1 fully saturated rings. The molecular formula is C11H17ClN2. The van der Waals surface area contributed by atoms with E-state index in [1.807, 2.05) is 24.5 Å². The summed E-state index contributed by atoms with van der Waals surface area (Å²) in [6.45, 7) is 0. The van der Waals surface area contributed by atoms with E-state index in [1.165, 1.54) is 31.2 Å². The molecule has 1 saturated carbocycles. The SMILES string of the molecule is Cl.N[C@@H](c1ccncc1)C1CCCC1. The van der Waals surface area contributed by atoms with Crippen molar-refractivity contribution >= 4 is 12.4 Å². The van der Waals surface area contributed by atoms with Crippen molar-refractivity contribution in [1.82, 2.24) is 4.98 Å². The Morgan fingerprint density at radius 2 is 1.79 bits per heavy atom. The predicted molar refractivity (Wildman–Crippen MR) is 60.4 cm³/mol. The largest absolute Gasteiger partial charge is 0.324 e. The quantitative estimate of drug-likeness (QED) is 0.819. The van der Waals surface area contributed by atoms with E-state index < -0.39 is 0 Å². The van der Waals surface area contributed by atoms with Crippen molar-refractivity contribution < 1.29 is 0 Å². The van der Waals surface area contributed by atoms with Gasteiger partial charge in [-0.05, 0) is 36.5 Å². The number of nitrogens with zero attached hydrogens (tertiary/aromatic N) is 1. The predicted octanol–water partition coefficient (Wildman–Crippen LogP) is 2.69. The number of halogens is 1. The molecule has 0 amide bonds. The first-order valence-corrected chi connectivity index (χ1v) is 5.03. The molecule has 1 aromatic heterocycles. The highest BCUT2D eigenvalue weighted by atomic mass is 35.5. The molecule has 2 N–H and O–H groups in total. The summed E-state index contributed by atoms with van der Waals surface area (Å²) in [6.07, 6.45) is 8.94. The lowest BCUT2D eigenvalue weighted by Crippen LogP contribution is -2.18. The lowest BCUT2D eigenvalue weighted by Gasteiger charge is -2.18. The fourth-order valence-electron chi connectivity index (χ4n) is 2.17. The van der Waals surface area contributed by atoms with Crippen molar-refractivity contribution in [1.29, 1.82) is 0 Å². The van der Waals surface area contributed by atoms with Gasteiger partial charge in [-0.15, -0.1) is 12.4 Å². The van der Waals surface area contributed by atoms with Gasteiger partial charge >= 0.3 is 0 Å². The summed E-state index contributed by atoms with van der Waals surface area (Å²) in [5, 5.41) is 0. The van der Waals surface area contributed by atoms with Crippen LogP contribution in [0.4, 0.5) is 0 Å². The highest BCUT2D eigenvalue weighted by Gasteiger charge is 2.22. The lowest BCUT2D eigenvalue weighted by atomic mass is 9.93. The molecule has 0 saturated heterocycles. The summed E-state index contributed by atoms with van der Waals surface area (Å²) in [6, 6.07) is 4.29. The first-order chi connectivity index (χ1) is 6.38. The van der Waals surface area contributed by atoms with E-state index in [0.717, 1.165) is 0 Å². The van der Waals surface area contributed by atoms with Crippen molar-refractivity contribution in [2.24, 2.45) is 11.7 Å². The molecule has 0 aromatic carbocycles. The van der Waals surface area contributed by atoms with Gasteiger partial charge in [-0.3, -0.25) is 4.98 Å². The Bertz CT molecular complexity index is 257. The van der Waals surface area contributed by atoms with Gasteiger partial charge in [0.1, 0.15) is 0 Å². The standard InChI is InChI=1S/C11H16N2.ClH/c12-11(9-3-1-2-4-9)10-5-7-13-8-6-10;/h5-9,11H,1-4,12H2;1H/t11-;/m1./s1. The second-order valence-electron chi connectivity index (χ2n) is 3.85. The van der Waals surface area contributed by atoms with Crippen LogP contribution in [0, 0.1) is 5.92 Å². The molecule has 1 heterocycles. The zero-order chi connectivity index (χ0) is 9.10. The number of hydrogen-bond acceptors (Lipinski definition) is 2. The Hall–Kier alpha value is -0.600. The number of aromatic nitrogens is 1. The van der Waals surface area contributed by atoms with Crippen LogP contribution in [-0.4, -0.2) is 4.98 Å². The number of rotatable bonds is 2. The molecule has 1 aliphatic carbocycles. The molecule has 1 aliphatic rings. The fraction of sp³-hybridized carbons (Fsp3) is 0.545. The fourth-order valence-corrected chi connectivity index (χ4v) is 2.17. The molecule has 0 bridgehead atoms. The van der Waals surface area contributed by atoms with E-state index in [2.05, 4.69) is 4.98 Å². The molecule has 1 aromatic rings. The zero-order valence-electron chi connectivity index (χ0n) is 8.23. The van der Waals surface area contributed by atoms with Crippen molar-refractivity contribution in [3.63, 3.8) is 0 Å². The van der Waals surface area contributed by atoms with Crippen molar-refractivity contribution in [2.75, 3.05) is 0 Å². The van der Waals surface area contributed by atoms with Crippen molar-refractivity contribution in [3.8, 4) is 0 Å². The average Bonchev–Trinajstić information content (AvgIpc) is 2.71. The summed E-state index contributed by atoms with van der Waals surface area (Å²) in [4.78, 5) is 4.00. The Labute approximate surface area is 91.3 Å². The van der Waals surface area contributed by atoms with Gasteiger partial charge < -0.3 is 5.73 Å². The van der Waals surface area contributed by atoms with Gasteiger partial charge in [0.25, 0.3) is 0 Å². The summed E-state index contributed by atoms with van der Waals surface area (Å²) < 4.78 is 0. The molecule has 2 rings (SSSR count). The van der Waals surface area contributed by atoms with Crippen molar-refractivity contribution in [2.45, 2.75) is 31.7 Å².